The summed E-state index contributed by atoms with van der Waals surface area (Å²) in [7, 11) is -1.36. The van der Waals surface area contributed by atoms with E-state index in [9.17, 15) is 8.42 Å². The van der Waals surface area contributed by atoms with E-state index in [-0.39, 0.29) is 4.90 Å². The third-order valence-electron chi connectivity index (χ3n) is 4.60. The van der Waals surface area contributed by atoms with Crippen LogP contribution in [0.4, 0.5) is 23.1 Å². The number of aromatic nitrogens is 4. The number of benzene rings is 2. The number of aromatic amines is 1. The van der Waals surface area contributed by atoms with Crippen molar-refractivity contribution >= 4 is 43.9 Å². The number of aryl methyl sites for hydroxylation is 1. The van der Waals surface area contributed by atoms with E-state index in [1.54, 1.807) is 30.5 Å². The van der Waals surface area contributed by atoms with E-state index in [1.807, 2.05) is 43.1 Å². The molecule has 0 bridgehead atoms. The van der Waals surface area contributed by atoms with Gasteiger partial charge in [0.1, 0.15) is 5.82 Å². The Morgan fingerprint density at radius 2 is 1.90 bits per heavy atom. The van der Waals surface area contributed by atoms with Crippen LogP contribution in [0.5, 0.6) is 0 Å². The molecule has 0 radical (unpaired) electrons. The number of H-pyrrole nitrogens is 1. The summed E-state index contributed by atoms with van der Waals surface area (Å²) in [4.78, 5) is 11.0. The number of fused-ring (bicyclic) bond motifs is 1. The molecule has 0 fully saturated rings. The molecular formula is C20H20N6O2S. The molecule has 0 aliphatic rings. The maximum Gasteiger partial charge on any atom is 0.229 e. The van der Waals surface area contributed by atoms with Crippen molar-refractivity contribution in [2.75, 3.05) is 23.5 Å². The molecule has 0 aliphatic carbocycles. The quantitative estimate of drug-likeness (QED) is 0.520. The first-order valence-electron chi connectivity index (χ1n) is 8.90. The lowest BCUT2D eigenvalue weighted by Gasteiger charge is -2.20. The molecule has 4 rings (SSSR count). The maximum absolute atomic E-state index is 11.8. The lowest BCUT2D eigenvalue weighted by atomic mass is 10.1. The fourth-order valence-corrected chi connectivity index (χ4v) is 3.81. The number of nitrogens with one attached hydrogen (secondary N) is 2. The summed E-state index contributed by atoms with van der Waals surface area (Å²) < 4.78 is 23.6. The van der Waals surface area contributed by atoms with Crippen LogP contribution in [0.15, 0.2) is 59.6 Å². The van der Waals surface area contributed by atoms with E-state index in [0.29, 0.717) is 17.5 Å². The van der Waals surface area contributed by atoms with E-state index >= 15 is 0 Å². The van der Waals surface area contributed by atoms with E-state index in [2.05, 4.69) is 25.5 Å². The molecule has 0 amide bonds. The van der Waals surface area contributed by atoms with Crippen LogP contribution in [-0.2, 0) is 9.84 Å². The molecule has 0 unspecified atom stereocenters. The van der Waals surface area contributed by atoms with Gasteiger partial charge in [0.15, 0.2) is 9.84 Å². The summed E-state index contributed by atoms with van der Waals surface area (Å²) in [6, 6.07) is 14.3. The lowest BCUT2D eigenvalue weighted by molar-refractivity contribution is 0.602. The number of hydrogen-bond acceptors (Lipinski definition) is 7. The number of sulfone groups is 1. The molecule has 4 aromatic rings. The summed E-state index contributed by atoms with van der Waals surface area (Å²) in [6.07, 6.45) is 2.83. The summed E-state index contributed by atoms with van der Waals surface area (Å²) in [5.41, 5.74) is 3.43. The Labute approximate surface area is 168 Å². The van der Waals surface area contributed by atoms with Crippen LogP contribution in [0.25, 0.3) is 10.9 Å². The average molecular weight is 408 g/mol. The molecule has 0 aliphatic heterocycles. The van der Waals surface area contributed by atoms with Crippen molar-refractivity contribution < 1.29 is 8.42 Å². The highest BCUT2D eigenvalue weighted by Crippen LogP contribution is 2.31. The second-order valence-corrected chi connectivity index (χ2v) is 8.76. The van der Waals surface area contributed by atoms with Gasteiger partial charge in [0.05, 0.1) is 16.1 Å². The van der Waals surface area contributed by atoms with Gasteiger partial charge in [-0.05, 0) is 43.3 Å². The van der Waals surface area contributed by atoms with Gasteiger partial charge in [-0.3, -0.25) is 5.10 Å². The molecule has 0 spiro atoms. The Hall–Kier alpha value is -3.46. The van der Waals surface area contributed by atoms with E-state index in [1.165, 1.54) is 6.26 Å². The second kappa shape index (κ2) is 7.17. The minimum Gasteiger partial charge on any atom is -0.329 e. The molecule has 2 heterocycles. The summed E-state index contributed by atoms with van der Waals surface area (Å²) in [5, 5.41) is 11.4. The van der Waals surface area contributed by atoms with Crippen molar-refractivity contribution in [2.45, 2.75) is 11.8 Å². The van der Waals surface area contributed by atoms with Gasteiger partial charge in [0.25, 0.3) is 0 Å². The number of anilines is 4. The van der Waals surface area contributed by atoms with E-state index < -0.39 is 9.84 Å². The van der Waals surface area contributed by atoms with Crippen molar-refractivity contribution in [2.24, 2.45) is 0 Å². The second-order valence-electron chi connectivity index (χ2n) is 6.74. The largest absolute Gasteiger partial charge is 0.329 e. The fraction of sp³-hybridized carbons (Fsp3) is 0.150. The van der Waals surface area contributed by atoms with Gasteiger partial charge in [0, 0.05) is 36.3 Å². The normalized spacial score (nSPS) is 11.6. The minimum absolute atomic E-state index is 0.234. The SMILES string of the molecule is Cc1[nH]nc2cccc(N(C)c3ccnc(Nc4cccc(S(C)(=O)=O)c4)n3)c12. The molecule has 8 nitrogen and oxygen atoms in total. The van der Waals surface area contributed by atoms with E-state index in [0.717, 1.165) is 22.3 Å². The predicted molar refractivity (Wildman–Crippen MR) is 114 cm³/mol. The van der Waals surface area contributed by atoms with Gasteiger partial charge >= 0.3 is 0 Å². The Bertz CT molecular complexity index is 1300. The highest BCUT2D eigenvalue weighted by molar-refractivity contribution is 7.90. The van der Waals surface area contributed by atoms with Gasteiger partial charge in [-0.25, -0.2) is 13.4 Å². The topological polar surface area (TPSA) is 104 Å². The first-order chi connectivity index (χ1) is 13.8. The number of nitrogens with zero attached hydrogens (tertiary/aromatic N) is 4. The van der Waals surface area contributed by atoms with Crippen LogP contribution in [0.3, 0.4) is 0 Å². The lowest BCUT2D eigenvalue weighted by Crippen LogP contribution is -2.13. The summed E-state index contributed by atoms with van der Waals surface area (Å²) in [6.45, 7) is 1.98. The molecule has 29 heavy (non-hydrogen) atoms. The zero-order valence-corrected chi connectivity index (χ0v) is 17.0. The van der Waals surface area contributed by atoms with Gasteiger partial charge in [-0.2, -0.15) is 10.1 Å². The standard InChI is InChI=1S/C20H20N6O2S/c1-13-19-16(25-24-13)8-5-9-17(19)26(2)18-10-11-21-20(23-18)22-14-6-4-7-15(12-14)29(3,27)28/h4-12H,1-3H3,(H,24,25)(H,21,22,23). The Balaban J connectivity index is 1.66. The van der Waals surface area contributed by atoms with Crippen LogP contribution in [-0.4, -0.2) is 41.9 Å². The fourth-order valence-electron chi connectivity index (χ4n) is 3.14. The van der Waals surface area contributed by atoms with Crippen molar-refractivity contribution in [3.8, 4) is 0 Å². The first kappa shape index (κ1) is 18.9. The molecular weight excluding hydrogens is 388 g/mol. The molecule has 2 N–H and O–H groups in total. The average Bonchev–Trinajstić information content (AvgIpc) is 3.08. The minimum atomic E-state index is -3.29. The van der Waals surface area contributed by atoms with Crippen LogP contribution in [0.2, 0.25) is 0 Å². The highest BCUT2D eigenvalue weighted by atomic mass is 32.2. The first-order valence-corrected chi connectivity index (χ1v) is 10.8. The van der Waals surface area contributed by atoms with E-state index in [4.69, 9.17) is 0 Å². The van der Waals surface area contributed by atoms with Crippen molar-refractivity contribution in [1.82, 2.24) is 20.2 Å². The third-order valence-corrected chi connectivity index (χ3v) is 5.71. The van der Waals surface area contributed by atoms with Gasteiger partial charge in [-0.15, -0.1) is 0 Å². The summed E-state index contributed by atoms with van der Waals surface area (Å²) >= 11 is 0. The highest BCUT2D eigenvalue weighted by Gasteiger charge is 2.14. The Morgan fingerprint density at radius 1 is 1.10 bits per heavy atom. The molecule has 148 valence electrons. The van der Waals surface area contributed by atoms with Crippen molar-refractivity contribution in [3.05, 3.63) is 60.4 Å². The molecule has 0 saturated carbocycles. The smallest absolute Gasteiger partial charge is 0.229 e. The van der Waals surface area contributed by atoms with Crippen molar-refractivity contribution in [3.63, 3.8) is 0 Å². The number of rotatable bonds is 5. The number of hydrogen-bond donors (Lipinski definition) is 2. The van der Waals surface area contributed by atoms with Crippen LogP contribution in [0.1, 0.15) is 5.69 Å². The van der Waals surface area contributed by atoms with Crippen LogP contribution in [0, 0.1) is 6.92 Å². The molecule has 9 heteroatoms. The zero-order valence-electron chi connectivity index (χ0n) is 16.2. The van der Waals surface area contributed by atoms with Crippen LogP contribution >= 0.6 is 0 Å². The van der Waals surface area contributed by atoms with Crippen LogP contribution < -0.4 is 10.2 Å². The Morgan fingerprint density at radius 3 is 2.69 bits per heavy atom. The van der Waals surface area contributed by atoms with Gasteiger partial charge < -0.3 is 10.2 Å². The monoisotopic (exact) mass is 408 g/mol. The molecule has 2 aromatic heterocycles. The maximum atomic E-state index is 11.8. The Kier molecular flexibility index (Phi) is 4.67. The van der Waals surface area contributed by atoms with Gasteiger partial charge in [0.2, 0.25) is 5.95 Å². The predicted octanol–water partition coefficient (Wildman–Crippen LogP) is 3.58. The third kappa shape index (κ3) is 3.77. The molecule has 0 saturated heterocycles. The van der Waals surface area contributed by atoms with Crippen molar-refractivity contribution in [1.29, 1.82) is 0 Å². The zero-order chi connectivity index (χ0) is 20.6. The summed E-state index contributed by atoms with van der Waals surface area (Å²) in [5.74, 6) is 1.06. The molecule has 2 aromatic carbocycles. The van der Waals surface area contributed by atoms with Gasteiger partial charge in [-0.1, -0.05) is 12.1 Å². The molecule has 0 atom stereocenters.